The maximum atomic E-state index is 9.49. The molecule has 2 heteroatoms. The van der Waals surface area contributed by atoms with Crippen molar-refractivity contribution in [3.63, 3.8) is 0 Å². The molecule has 90 valence electrons. The third kappa shape index (κ3) is 4.13. The number of phenolic OH excluding ortho intramolecular Hbond substituents is 1. The number of unbranched alkanes of at least 4 members (excludes halogenated alkanes) is 1. The lowest BCUT2D eigenvalue weighted by Crippen LogP contribution is -2.28. The molecular formula is C14H23NO. The Hall–Kier alpha value is -1.18. The van der Waals surface area contributed by atoms with Crippen molar-refractivity contribution in [2.24, 2.45) is 5.92 Å². The van der Waals surface area contributed by atoms with E-state index in [4.69, 9.17) is 0 Å². The van der Waals surface area contributed by atoms with E-state index in [1.54, 1.807) is 6.07 Å². The fraction of sp³-hybridized carbons (Fsp3) is 0.571. The molecular weight excluding hydrogens is 198 g/mol. The molecule has 0 bridgehead atoms. The van der Waals surface area contributed by atoms with Gasteiger partial charge in [0.2, 0.25) is 0 Å². The third-order valence-corrected chi connectivity index (χ3v) is 2.56. The Bertz CT molecular complexity index is 309. The molecule has 1 rings (SSSR count). The second-order valence-corrected chi connectivity index (χ2v) is 4.71. The second-order valence-electron chi connectivity index (χ2n) is 4.71. The van der Waals surface area contributed by atoms with Crippen molar-refractivity contribution in [3.05, 3.63) is 24.3 Å². The van der Waals surface area contributed by atoms with E-state index in [9.17, 15) is 5.11 Å². The highest BCUT2D eigenvalue weighted by atomic mass is 16.3. The summed E-state index contributed by atoms with van der Waals surface area (Å²) in [7, 11) is 0. The molecule has 2 nitrogen and oxygen atoms in total. The SMILES string of the molecule is CCCCN(CC(C)C)c1cccc(O)c1. The fourth-order valence-electron chi connectivity index (χ4n) is 1.81. The van der Waals surface area contributed by atoms with Gasteiger partial charge in [-0.2, -0.15) is 0 Å². The number of hydrogen-bond donors (Lipinski definition) is 1. The van der Waals surface area contributed by atoms with Gasteiger partial charge in [0.25, 0.3) is 0 Å². The van der Waals surface area contributed by atoms with Gasteiger partial charge in [-0.1, -0.05) is 33.3 Å². The van der Waals surface area contributed by atoms with E-state index in [0.29, 0.717) is 11.7 Å². The Morgan fingerprint density at radius 3 is 2.62 bits per heavy atom. The van der Waals surface area contributed by atoms with Crippen LogP contribution in [0.15, 0.2) is 24.3 Å². The number of hydrogen-bond acceptors (Lipinski definition) is 2. The lowest BCUT2D eigenvalue weighted by atomic mass is 10.1. The molecule has 0 radical (unpaired) electrons. The molecule has 0 atom stereocenters. The highest BCUT2D eigenvalue weighted by molar-refractivity contribution is 5.50. The van der Waals surface area contributed by atoms with E-state index in [1.807, 2.05) is 12.1 Å². The maximum absolute atomic E-state index is 9.49. The Kier molecular flexibility index (Phi) is 5.17. The van der Waals surface area contributed by atoms with Gasteiger partial charge in [-0.15, -0.1) is 0 Å². The summed E-state index contributed by atoms with van der Waals surface area (Å²) >= 11 is 0. The van der Waals surface area contributed by atoms with Crippen LogP contribution in [-0.2, 0) is 0 Å². The van der Waals surface area contributed by atoms with E-state index in [-0.39, 0.29) is 0 Å². The Labute approximate surface area is 98.9 Å². The average molecular weight is 221 g/mol. The van der Waals surface area contributed by atoms with Gasteiger partial charge in [-0.25, -0.2) is 0 Å². The highest BCUT2D eigenvalue weighted by Gasteiger charge is 2.08. The van der Waals surface area contributed by atoms with Crippen molar-refractivity contribution in [2.45, 2.75) is 33.6 Å². The van der Waals surface area contributed by atoms with Crippen LogP contribution < -0.4 is 4.90 Å². The van der Waals surface area contributed by atoms with Crippen molar-refractivity contribution in [1.82, 2.24) is 0 Å². The first-order valence-corrected chi connectivity index (χ1v) is 6.17. The Balaban J connectivity index is 2.74. The number of benzene rings is 1. The summed E-state index contributed by atoms with van der Waals surface area (Å²) in [5.41, 5.74) is 1.13. The van der Waals surface area contributed by atoms with Crippen LogP contribution >= 0.6 is 0 Å². The minimum absolute atomic E-state index is 0.350. The van der Waals surface area contributed by atoms with Crippen LogP contribution in [-0.4, -0.2) is 18.2 Å². The predicted molar refractivity (Wildman–Crippen MR) is 70.1 cm³/mol. The van der Waals surface area contributed by atoms with Gasteiger partial charge >= 0.3 is 0 Å². The number of anilines is 1. The smallest absolute Gasteiger partial charge is 0.117 e. The minimum atomic E-state index is 0.350. The normalized spacial score (nSPS) is 10.8. The number of aromatic hydroxyl groups is 1. The van der Waals surface area contributed by atoms with Gasteiger partial charge in [0.05, 0.1) is 0 Å². The van der Waals surface area contributed by atoms with Crippen LogP contribution in [0.25, 0.3) is 0 Å². The van der Waals surface area contributed by atoms with Crippen LogP contribution in [0.5, 0.6) is 5.75 Å². The van der Waals surface area contributed by atoms with Crippen molar-refractivity contribution < 1.29 is 5.11 Å². The first-order valence-electron chi connectivity index (χ1n) is 6.17. The Morgan fingerprint density at radius 2 is 2.06 bits per heavy atom. The maximum Gasteiger partial charge on any atom is 0.117 e. The zero-order chi connectivity index (χ0) is 12.0. The second kappa shape index (κ2) is 6.41. The molecule has 0 aromatic heterocycles. The van der Waals surface area contributed by atoms with E-state index in [1.165, 1.54) is 12.8 Å². The summed E-state index contributed by atoms with van der Waals surface area (Å²) in [6.45, 7) is 8.76. The van der Waals surface area contributed by atoms with E-state index >= 15 is 0 Å². The molecule has 0 spiro atoms. The van der Waals surface area contributed by atoms with Crippen LogP contribution in [0.2, 0.25) is 0 Å². The van der Waals surface area contributed by atoms with Crippen LogP contribution in [0, 0.1) is 5.92 Å². The molecule has 0 unspecified atom stereocenters. The molecule has 1 aromatic carbocycles. The quantitative estimate of drug-likeness (QED) is 0.792. The summed E-state index contributed by atoms with van der Waals surface area (Å²) in [5.74, 6) is 0.988. The van der Waals surface area contributed by atoms with E-state index in [2.05, 4.69) is 31.7 Å². The summed E-state index contributed by atoms with van der Waals surface area (Å²) in [4.78, 5) is 2.36. The van der Waals surface area contributed by atoms with Crippen LogP contribution in [0.1, 0.15) is 33.6 Å². The molecule has 0 amide bonds. The molecule has 1 N–H and O–H groups in total. The fourth-order valence-corrected chi connectivity index (χ4v) is 1.81. The molecule has 0 aliphatic heterocycles. The van der Waals surface area contributed by atoms with Crippen molar-refractivity contribution >= 4 is 5.69 Å². The molecule has 0 aliphatic rings. The first kappa shape index (κ1) is 12.9. The largest absolute Gasteiger partial charge is 0.508 e. The van der Waals surface area contributed by atoms with Gasteiger partial charge in [0.1, 0.15) is 5.75 Å². The summed E-state index contributed by atoms with van der Waals surface area (Å²) in [6, 6.07) is 7.54. The lowest BCUT2D eigenvalue weighted by Gasteiger charge is -2.26. The molecule has 0 fully saturated rings. The van der Waals surface area contributed by atoms with Crippen molar-refractivity contribution in [3.8, 4) is 5.75 Å². The Morgan fingerprint density at radius 1 is 1.31 bits per heavy atom. The molecule has 16 heavy (non-hydrogen) atoms. The molecule has 0 aliphatic carbocycles. The van der Waals surface area contributed by atoms with Gasteiger partial charge < -0.3 is 10.0 Å². The first-order chi connectivity index (χ1) is 7.63. The topological polar surface area (TPSA) is 23.5 Å². The summed E-state index contributed by atoms with van der Waals surface area (Å²) in [6.07, 6.45) is 2.40. The highest BCUT2D eigenvalue weighted by Crippen LogP contribution is 2.21. The standard InChI is InChI=1S/C14H23NO/c1-4-5-9-15(11-12(2)3)13-7-6-8-14(16)10-13/h6-8,10,12,16H,4-5,9,11H2,1-3H3. The summed E-state index contributed by atoms with van der Waals surface area (Å²) in [5, 5.41) is 9.49. The van der Waals surface area contributed by atoms with Gasteiger partial charge in [-0.05, 0) is 24.5 Å². The van der Waals surface area contributed by atoms with E-state index in [0.717, 1.165) is 18.8 Å². The number of nitrogens with zero attached hydrogens (tertiary/aromatic N) is 1. The number of rotatable bonds is 6. The zero-order valence-electron chi connectivity index (χ0n) is 10.6. The molecule has 1 aromatic rings. The van der Waals surface area contributed by atoms with E-state index < -0.39 is 0 Å². The van der Waals surface area contributed by atoms with Gasteiger partial charge in [0.15, 0.2) is 0 Å². The third-order valence-electron chi connectivity index (χ3n) is 2.56. The van der Waals surface area contributed by atoms with Crippen molar-refractivity contribution in [2.75, 3.05) is 18.0 Å². The van der Waals surface area contributed by atoms with Crippen LogP contribution in [0.4, 0.5) is 5.69 Å². The molecule has 0 heterocycles. The number of phenols is 1. The van der Waals surface area contributed by atoms with Crippen molar-refractivity contribution in [1.29, 1.82) is 0 Å². The predicted octanol–water partition coefficient (Wildman–Crippen LogP) is 3.65. The lowest BCUT2D eigenvalue weighted by molar-refractivity contribution is 0.475. The van der Waals surface area contributed by atoms with Gasteiger partial charge in [-0.3, -0.25) is 0 Å². The molecule has 0 saturated carbocycles. The minimum Gasteiger partial charge on any atom is -0.508 e. The van der Waals surface area contributed by atoms with Crippen LogP contribution in [0.3, 0.4) is 0 Å². The van der Waals surface area contributed by atoms with Gasteiger partial charge in [0, 0.05) is 24.8 Å². The molecule has 0 saturated heterocycles. The zero-order valence-corrected chi connectivity index (χ0v) is 10.6. The average Bonchev–Trinajstić information content (AvgIpc) is 2.23. The summed E-state index contributed by atoms with van der Waals surface area (Å²) < 4.78 is 0. The monoisotopic (exact) mass is 221 g/mol.